The van der Waals surface area contributed by atoms with E-state index in [0.29, 0.717) is 11.6 Å². The summed E-state index contributed by atoms with van der Waals surface area (Å²) in [6.07, 6.45) is 0. The highest BCUT2D eigenvalue weighted by atomic mass is 14.9. The Labute approximate surface area is 403 Å². The van der Waals surface area contributed by atoms with E-state index >= 15 is 0 Å². The van der Waals surface area contributed by atoms with Gasteiger partial charge in [-0.05, 0) is 113 Å². The first-order chi connectivity index (χ1) is 34.7. The number of hydrogen-bond donors (Lipinski definition) is 0. The Morgan fingerprint density at radius 1 is 0.200 bits per heavy atom. The molecule has 2 aromatic heterocycles. The van der Waals surface area contributed by atoms with Crippen molar-refractivity contribution in [3.63, 3.8) is 0 Å². The van der Waals surface area contributed by atoms with Gasteiger partial charge in [-0.15, -0.1) is 0 Å². The number of fused-ring (bicyclic) bond motifs is 9. The summed E-state index contributed by atoms with van der Waals surface area (Å²) < 4.78 is 0. The minimum absolute atomic E-state index is 0.690. The molecule has 4 nitrogen and oxygen atoms in total. The molecule has 0 unspecified atom stereocenters. The molecule has 0 aliphatic carbocycles. The van der Waals surface area contributed by atoms with Crippen LogP contribution in [0.3, 0.4) is 0 Å². The van der Waals surface area contributed by atoms with E-state index in [-0.39, 0.29) is 0 Å². The summed E-state index contributed by atoms with van der Waals surface area (Å²) in [6, 6.07) is 86.5. The van der Waals surface area contributed by atoms with Gasteiger partial charge < -0.3 is 0 Å². The molecule has 0 fully saturated rings. The van der Waals surface area contributed by atoms with Crippen LogP contribution in [-0.2, 0) is 0 Å². The summed E-state index contributed by atoms with van der Waals surface area (Å²) in [5, 5.41) is 14.2. The molecule has 2 heterocycles. The Kier molecular flexibility index (Phi) is 9.17. The lowest BCUT2D eigenvalue weighted by Gasteiger charge is -2.13. The van der Waals surface area contributed by atoms with E-state index in [0.717, 1.165) is 71.8 Å². The number of aromatic nitrogens is 4. The molecule has 0 atom stereocenters. The third kappa shape index (κ3) is 6.69. The molecule has 0 aliphatic rings. The minimum atomic E-state index is 0.690. The predicted molar refractivity (Wildman–Crippen MR) is 293 cm³/mol. The zero-order valence-electron chi connectivity index (χ0n) is 37.9. The number of hydrogen-bond acceptors (Lipinski definition) is 4. The molecule has 0 radical (unpaired) electrons. The van der Waals surface area contributed by atoms with Crippen molar-refractivity contribution in [3.8, 4) is 67.5 Å². The van der Waals surface area contributed by atoms with Crippen LogP contribution in [0.5, 0.6) is 0 Å². The molecule has 12 aromatic carbocycles. The van der Waals surface area contributed by atoms with Gasteiger partial charge in [-0.2, -0.15) is 0 Å². The third-order valence-corrected chi connectivity index (χ3v) is 14.0. The smallest absolute Gasteiger partial charge is 0.160 e. The van der Waals surface area contributed by atoms with Crippen molar-refractivity contribution >= 4 is 75.7 Å². The predicted octanol–water partition coefficient (Wildman–Crippen LogP) is 17.3. The molecule has 0 aliphatic heterocycles. The van der Waals surface area contributed by atoms with E-state index in [2.05, 4.69) is 231 Å². The fraction of sp³-hybridized carbons (Fsp3) is 0. The summed E-state index contributed by atoms with van der Waals surface area (Å²) in [4.78, 5) is 20.8. The van der Waals surface area contributed by atoms with Gasteiger partial charge in [0.1, 0.15) is 0 Å². The van der Waals surface area contributed by atoms with Gasteiger partial charge in [0.2, 0.25) is 0 Å². The zero-order chi connectivity index (χ0) is 46.1. The second-order valence-electron chi connectivity index (χ2n) is 18.1. The molecular formula is C66H40N4. The van der Waals surface area contributed by atoms with E-state index in [1.165, 1.54) is 59.8 Å². The van der Waals surface area contributed by atoms with E-state index in [4.69, 9.17) is 19.9 Å². The maximum absolute atomic E-state index is 5.30. The van der Waals surface area contributed by atoms with Crippen molar-refractivity contribution in [1.82, 2.24) is 19.9 Å². The fourth-order valence-electron chi connectivity index (χ4n) is 10.6. The Hall–Kier alpha value is -9.38. The molecular weight excluding hydrogens is 849 g/mol. The zero-order valence-corrected chi connectivity index (χ0v) is 37.9. The molecule has 324 valence electrons. The van der Waals surface area contributed by atoms with Gasteiger partial charge in [-0.1, -0.05) is 206 Å². The summed E-state index contributed by atoms with van der Waals surface area (Å²) in [6.45, 7) is 0. The quantitative estimate of drug-likeness (QED) is 0.156. The topological polar surface area (TPSA) is 51.6 Å². The highest BCUT2D eigenvalue weighted by Gasteiger charge is 2.17. The first kappa shape index (κ1) is 39.8. The van der Waals surface area contributed by atoms with Gasteiger partial charge in [0.25, 0.3) is 0 Å². The Balaban J connectivity index is 0.806. The maximum atomic E-state index is 5.30. The second kappa shape index (κ2) is 16.2. The van der Waals surface area contributed by atoms with Crippen LogP contribution in [-0.4, -0.2) is 19.9 Å². The van der Waals surface area contributed by atoms with Crippen molar-refractivity contribution in [2.24, 2.45) is 0 Å². The Morgan fingerprint density at radius 2 is 0.557 bits per heavy atom. The number of rotatable bonds is 6. The first-order valence-electron chi connectivity index (χ1n) is 23.8. The maximum Gasteiger partial charge on any atom is 0.160 e. The molecule has 0 spiro atoms. The lowest BCUT2D eigenvalue weighted by Crippen LogP contribution is -1.96. The van der Waals surface area contributed by atoms with Gasteiger partial charge in [0, 0.05) is 33.0 Å². The highest BCUT2D eigenvalue weighted by molar-refractivity contribution is 6.15. The van der Waals surface area contributed by atoms with Crippen LogP contribution in [0.4, 0.5) is 0 Å². The number of para-hydroxylation sites is 2. The molecule has 70 heavy (non-hydrogen) atoms. The van der Waals surface area contributed by atoms with Crippen molar-refractivity contribution in [2.75, 3.05) is 0 Å². The molecule has 0 N–H and O–H groups in total. The minimum Gasteiger partial charge on any atom is -0.228 e. The molecule has 4 heteroatoms. The van der Waals surface area contributed by atoms with Crippen LogP contribution < -0.4 is 0 Å². The molecule has 0 saturated heterocycles. The molecule has 14 rings (SSSR count). The van der Waals surface area contributed by atoms with Crippen LogP contribution in [0.2, 0.25) is 0 Å². The van der Waals surface area contributed by atoms with Gasteiger partial charge in [-0.25, -0.2) is 19.9 Å². The molecule has 0 bridgehead atoms. The van der Waals surface area contributed by atoms with E-state index in [1.807, 2.05) is 12.1 Å². The van der Waals surface area contributed by atoms with Gasteiger partial charge >= 0.3 is 0 Å². The highest BCUT2D eigenvalue weighted by Crippen LogP contribution is 2.39. The standard InChI is InChI=1S/C66H40N4/c1-3-15-51-47(13-1)39-59(55-19-7-5-17-53(51)55)41-25-29-43(30-26-41)63-57-21-9-11-23-61(57)68-66(69-63)50-36-34-45-37-49(35-33-46(45)38-50)64-58-22-10-12-24-62(58)67-65(70-64)44-31-27-42(28-32-44)60-40-48-14-2-4-16-52(48)54-18-6-8-20-56(54)60/h1-40H. The second-order valence-corrected chi connectivity index (χ2v) is 18.1. The lowest BCUT2D eigenvalue weighted by molar-refractivity contribution is 1.23. The van der Waals surface area contributed by atoms with E-state index in [9.17, 15) is 0 Å². The van der Waals surface area contributed by atoms with Crippen LogP contribution >= 0.6 is 0 Å². The molecule has 0 saturated carbocycles. The van der Waals surface area contributed by atoms with Crippen LogP contribution in [0.1, 0.15) is 0 Å². The van der Waals surface area contributed by atoms with Crippen molar-refractivity contribution < 1.29 is 0 Å². The third-order valence-electron chi connectivity index (χ3n) is 14.0. The first-order valence-corrected chi connectivity index (χ1v) is 23.8. The van der Waals surface area contributed by atoms with Crippen LogP contribution in [0, 0.1) is 0 Å². The summed E-state index contributed by atoms with van der Waals surface area (Å²) >= 11 is 0. The van der Waals surface area contributed by atoms with Crippen molar-refractivity contribution in [1.29, 1.82) is 0 Å². The fourth-order valence-corrected chi connectivity index (χ4v) is 10.6. The summed E-state index contributed by atoms with van der Waals surface area (Å²) in [5.41, 5.74) is 12.4. The van der Waals surface area contributed by atoms with Crippen LogP contribution in [0.15, 0.2) is 243 Å². The van der Waals surface area contributed by atoms with E-state index < -0.39 is 0 Å². The average Bonchev–Trinajstić information content (AvgIpc) is 3.44. The number of benzene rings is 12. The summed E-state index contributed by atoms with van der Waals surface area (Å²) in [7, 11) is 0. The Bertz CT molecular complexity index is 4400. The largest absolute Gasteiger partial charge is 0.228 e. The molecule has 0 amide bonds. The number of nitrogens with zero attached hydrogens (tertiary/aromatic N) is 4. The average molecular weight is 889 g/mol. The Morgan fingerprint density at radius 3 is 1.09 bits per heavy atom. The van der Waals surface area contributed by atoms with E-state index in [1.54, 1.807) is 0 Å². The lowest BCUT2D eigenvalue weighted by atomic mass is 9.92. The monoisotopic (exact) mass is 888 g/mol. The van der Waals surface area contributed by atoms with Crippen molar-refractivity contribution in [2.45, 2.75) is 0 Å². The van der Waals surface area contributed by atoms with Gasteiger partial charge in [0.15, 0.2) is 11.6 Å². The molecule has 14 aromatic rings. The van der Waals surface area contributed by atoms with Crippen molar-refractivity contribution in [3.05, 3.63) is 243 Å². The summed E-state index contributed by atoms with van der Waals surface area (Å²) in [5.74, 6) is 1.38. The van der Waals surface area contributed by atoms with Crippen LogP contribution in [0.25, 0.3) is 143 Å². The van der Waals surface area contributed by atoms with Gasteiger partial charge in [-0.3, -0.25) is 0 Å². The normalized spacial score (nSPS) is 11.7. The SMILES string of the molecule is c1ccc2c(c1)cc(-c1ccc(-c3nc(-c4ccc5cc(-c6nc(-c7ccc(-c8cc9ccccc9c9ccccc89)cc7)c7ccccc7n6)ccc5c4)c4ccccc4n3)cc1)c1ccccc12. The van der Waals surface area contributed by atoms with Gasteiger partial charge in [0.05, 0.1) is 22.4 Å².